The average Bonchev–Trinajstić information content (AvgIpc) is 2.94. The SMILES string of the molecule is CS(=O)(=O)NC(=O)Cn1cnc2scc(-c3ccc(F)cc3)c2c1=O. The summed E-state index contributed by atoms with van der Waals surface area (Å²) in [6.45, 7) is -0.479. The molecule has 0 aliphatic heterocycles. The van der Waals surface area contributed by atoms with Gasteiger partial charge in [0.25, 0.3) is 11.5 Å². The molecule has 0 spiro atoms. The van der Waals surface area contributed by atoms with Crippen LogP contribution in [-0.4, -0.2) is 30.1 Å². The first-order chi connectivity index (χ1) is 11.7. The maximum Gasteiger partial charge on any atom is 0.263 e. The standard InChI is InChI=1S/C15H12FN3O4S2/c1-25(22,23)18-12(20)6-19-8-17-14-13(15(19)21)11(7-24-14)9-2-4-10(16)5-3-9/h2-5,7-8H,6H2,1H3,(H,18,20). The Labute approximate surface area is 145 Å². The van der Waals surface area contributed by atoms with Gasteiger partial charge in [-0.3, -0.25) is 18.9 Å². The monoisotopic (exact) mass is 381 g/mol. The van der Waals surface area contributed by atoms with Crippen LogP contribution in [-0.2, 0) is 21.4 Å². The van der Waals surface area contributed by atoms with E-state index in [4.69, 9.17) is 0 Å². The first-order valence-electron chi connectivity index (χ1n) is 6.98. The molecule has 0 aliphatic rings. The van der Waals surface area contributed by atoms with Crippen LogP contribution < -0.4 is 10.3 Å². The third kappa shape index (κ3) is 3.74. The molecule has 1 N–H and O–H groups in total. The van der Waals surface area contributed by atoms with E-state index in [0.717, 1.165) is 10.8 Å². The van der Waals surface area contributed by atoms with Gasteiger partial charge in [-0.05, 0) is 17.7 Å². The smallest absolute Gasteiger partial charge is 0.263 e. The number of hydrogen-bond donors (Lipinski definition) is 1. The van der Waals surface area contributed by atoms with Crippen molar-refractivity contribution >= 4 is 37.5 Å². The van der Waals surface area contributed by atoms with Gasteiger partial charge in [-0.1, -0.05) is 12.1 Å². The lowest BCUT2D eigenvalue weighted by atomic mass is 10.1. The van der Waals surface area contributed by atoms with E-state index in [9.17, 15) is 22.4 Å². The Hall–Kier alpha value is -2.59. The lowest BCUT2D eigenvalue weighted by molar-refractivity contribution is -0.119. The van der Waals surface area contributed by atoms with Gasteiger partial charge in [0.15, 0.2) is 0 Å². The van der Waals surface area contributed by atoms with Crippen LogP contribution in [0.5, 0.6) is 0 Å². The number of carbonyl (C=O) groups excluding carboxylic acids is 1. The fourth-order valence-corrected chi connectivity index (χ4v) is 3.70. The number of fused-ring (bicyclic) bond motifs is 1. The van der Waals surface area contributed by atoms with Crippen molar-refractivity contribution in [2.45, 2.75) is 6.54 Å². The second kappa shape index (κ2) is 6.37. The lowest BCUT2D eigenvalue weighted by Gasteiger charge is -2.06. The molecule has 0 unspecified atom stereocenters. The average molecular weight is 381 g/mol. The molecule has 0 bridgehead atoms. The van der Waals surface area contributed by atoms with Crippen LogP contribution in [0.15, 0.2) is 40.8 Å². The summed E-state index contributed by atoms with van der Waals surface area (Å²) in [5, 5.41) is 2.03. The Morgan fingerprint density at radius 1 is 1.32 bits per heavy atom. The number of rotatable bonds is 4. The minimum absolute atomic E-state index is 0.297. The number of thiophene rings is 1. The van der Waals surface area contributed by atoms with Crippen LogP contribution in [0.4, 0.5) is 4.39 Å². The first kappa shape index (κ1) is 17.2. The third-order valence-corrected chi connectivity index (χ3v) is 4.81. The van der Waals surface area contributed by atoms with Crippen LogP contribution >= 0.6 is 11.3 Å². The fourth-order valence-electron chi connectivity index (χ4n) is 2.32. The quantitative estimate of drug-likeness (QED) is 0.735. The van der Waals surface area contributed by atoms with Crippen LogP contribution in [0.2, 0.25) is 0 Å². The molecule has 25 heavy (non-hydrogen) atoms. The van der Waals surface area contributed by atoms with Crippen molar-refractivity contribution in [2.24, 2.45) is 0 Å². The number of nitrogens with one attached hydrogen (secondary N) is 1. The number of halogens is 1. The van der Waals surface area contributed by atoms with Gasteiger partial charge in [0.05, 0.1) is 18.0 Å². The summed E-state index contributed by atoms with van der Waals surface area (Å²) in [4.78, 5) is 29.0. The molecule has 130 valence electrons. The molecule has 0 aliphatic carbocycles. The number of hydrogen-bond acceptors (Lipinski definition) is 6. The van der Waals surface area contributed by atoms with Crippen LogP contribution in [0.3, 0.4) is 0 Å². The second-order valence-corrected chi connectivity index (χ2v) is 7.92. The van der Waals surface area contributed by atoms with Gasteiger partial charge in [0.2, 0.25) is 10.0 Å². The van der Waals surface area contributed by atoms with Crippen LogP contribution in [0, 0.1) is 5.82 Å². The molecule has 2 aromatic heterocycles. The summed E-state index contributed by atoms with van der Waals surface area (Å²) >= 11 is 1.25. The zero-order chi connectivity index (χ0) is 18.2. The maximum absolute atomic E-state index is 13.1. The molecule has 0 saturated carbocycles. The van der Waals surface area contributed by atoms with Crippen molar-refractivity contribution in [2.75, 3.05) is 6.26 Å². The van der Waals surface area contributed by atoms with Crippen molar-refractivity contribution in [3.05, 3.63) is 52.1 Å². The number of aromatic nitrogens is 2. The van der Waals surface area contributed by atoms with E-state index in [1.165, 1.54) is 29.8 Å². The zero-order valence-electron chi connectivity index (χ0n) is 12.9. The number of benzene rings is 1. The topological polar surface area (TPSA) is 98.1 Å². The Morgan fingerprint density at radius 2 is 2.00 bits per heavy atom. The molecule has 0 atom stereocenters. The number of amides is 1. The molecule has 3 aromatic rings. The van der Waals surface area contributed by atoms with Gasteiger partial charge in [-0.2, -0.15) is 0 Å². The molecular weight excluding hydrogens is 369 g/mol. The van der Waals surface area contributed by atoms with E-state index in [0.29, 0.717) is 21.3 Å². The van der Waals surface area contributed by atoms with E-state index in [-0.39, 0.29) is 0 Å². The highest BCUT2D eigenvalue weighted by Crippen LogP contribution is 2.30. The second-order valence-electron chi connectivity index (χ2n) is 5.31. The Morgan fingerprint density at radius 3 is 2.64 bits per heavy atom. The van der Waals surface area contributed by atoms with Gasteiger partial charge in [0.1, 0.15) is 17.2 Å². The predicted molar refractivity (Wildman–Crippen MR) is 92.3 cm³/mol. The molecule has 0 fully saturated rings. The molecule has 2 heterocycles. The number of sulfonamides is 1. The minimum Gasteiger partial charge on any atom is -0.289 e. The Balaban J connectivity index is 2.04. The summed E-state index contributed by atoms with van der Waals surface area (Å²) in [6, 6.07) is 5.66. The summed E-state index contributed by atoms with van der Waals surface area (Å²) < 4.78 is 38.1. The third-order valence-electron chi connectivity index (χ3n) is 3.33. The Bertz CT molecular complexity index is 1120. The number of carbonyl (C=O) groups is 1. The summed E-state index contributed by atoms with van der Waals surface area (Å²) in [7, 11) is -3.71. The fraction of sp³-hybridized carbons (Fsp3) is 0.133. The van der Waals surface area contributed by atoms with Gasteiger partial charge in [-0.25, -0.2) is 17.8 Å². The van der Waals surface area contributed by atoms with Gasteiger partial charge in [0, 0.05) is 10.9 Å². The van der Waals surface area contributed by atoms with Crippen molar-refractivity contribution in [3.8, 4) is 11.1 Å². The molecule has 1 aromatic carbocycles. The highest BCUT2D eigenvalue weighted by Gasteiger charge is 2.16. The Kier molecular flexibility index (Phi) is 4.39. The summed E-state index contributed by atoms with van der Waals surface area (Å²) in [5.41, 5.74) is 0.745. The van der Waals surface area contributed by atoms with E-state index in [1.54, 1.807) is 22.2 Å². The maximum atomic E-state index is 13.1. The zero-order valence-corrected chi connectivity index (χ0v) is 14.5. The summed E-state index contributed by atoms with van der Waals surface area (Å²) in [5.74, 6) is -1.24. The largest absolute Gasteiger partial charge is 0.289 e. The van der Waals surface area contributed by atoms with E-state index in [1.807, 2.05) is 0 Å². The van der Waals surface area contributed by atoms with E-state index >= 15 is 0 Å². The normalized spacial score (nSPS) is 11.6. The van der Waals surface area contributed by atoms with Gasteiger partial charge in [-0.15, -0.1) is 11.3 Å². The van der Waals surface area contributed by atoms with Crippen molar-refractivity contribution in [1.29, 1.82) is 0 Å². The van der Waals surface area contributed by atoms with Crippen molar-refractivity contribution in [3.63, 3.8) is 0 Å². The minimum atomic E-state index is -3.71. The van der Waals surface area contributed by atoms with Crippen molar-refractivity contribution in [1.82, 2.24) is 14.3 Å². The molecule has 7 nitrogen and oxygen atoms in total. The number of nitrogens with zero attached hydrogens (tertiary/aromatic N) is 2. The molecule has 0 radical (unpaired) electrons. The molecule has 3 rings (SSSR count). The van der Waals surface area contributed by atoms with Crippen LogP contribution in [0.25, 0.3) is 21.3 Å². The lowest BCUT2D eigenvalue weighted by Crippen LogP contribution is -2.35. The summed E-state index contributed by atoms with van der Waals surface area (Å²) in [6.07, 6.45) is 2.04. The van der Waals surface area contributed by atoms with Crippen molar-refractivity contribution < 1.29 is 17.6 Å². The van der Waals surface area contributed by atoms with Crippen LogP contribution in [0.1, 0.15) is 0 Å². The molecule has 10 heteroatoms. The first-order valence-corrected chi connectivity index (χ1v) is 9.75. The molecule has 0 saturated heterocycles. The molecule has 1 amide bonds. The molecular formula is C15H12FN3O4S2. The van der Waals surface area contributed by atoms with Gasteiger partial charge < -0.3 is 0 Å². The van der Waals surface area contributed by atoms with Gasteiger partial charge >= 0.3 is 0 Å². The predicted octanol–water partition coefficient (Wildman–Crippen LogP) is 1.34. The van der Waals surface area contributed by atoms with E-state index < -0.39 is 33.9 Å². The highest BCUT2D eigenvalue weighted by molar-refractivity contribution is 7.89. The highest BCUT2D eigenvalue weighted by atomic mass is 32.2. The van der Waals surface area contributed by atoms with E-state index in [2.05, 4.69) is 4.98 Å².